The van der Waals surface area contributed by atoms with Gasteiger partial charge in [0.15, 0.2) is 5.96 Å². The van der Waals surface area contributed by atoms with Crippen LogP contribution in [0.1, 0.15) is 18.4 Å². The zero-order chi connectivity index (χ0) is 13.5. The standard InChI is InChI=1S/C13H20N4OS.HI/c1-14-13(17-8-10-4-7-19-9-10)16-6-5-15-12(18)11-2-3-11;/h4,7,9,11H,2-3,5-6,8H2,1H3,(H,15,18)(H2,14,16,17);1H. The predicted octanol–water partition coefficient (Wildman–Crippen LogP) is 1.56. The van der Waals surface area contributed by atoms with Gasteiger partial charge in [0.25, 0.3) is 0 Å². The van der Waals surface area contributed by atoms with Crippen LogP contribution in [0.5, 0.6) is 0 Å². The summed E-state index contributed by atoms with van der Waals surface area (Å²) >= 11 is 1.68. The molecule has 0 spiro atoms. The Morgan fingerprint density at radius 1 is 1.35 bits per heavy atom. The maximum atomic E-state index is 11.4. The first-order chi connectivity index (χ1) is 9.29. The molecule has 1 aliphatic carbocycles. The van der Waals surface area contributed by atoms with Crippen molar-refractivity contribution >= 4 is 47.2 Å². The lowest BCUT2D eigenvalue weighted by molar-refractivity contribution is -0.122. The number of amides is 1. The zero-order valence-electron chi connectivity index (χ0n) is 11.5. The van der Waals surface area contributed by atoms with Gasteiger partial charge in [0.1, 0.15) is 0 Å². The van der Waals surface area contributed by atoms with Crippen LogP contribution < -0.4 is 16.0 Å². The van der Waals surface area contributed by atoms with Crippen molar-refractivity contribution in [3.05, 3.63) is 22.4 Å². The molecule has 5 nitrogen and oxygen atoms in total. The van der Waals surface area contributed by atoms with Gasteiger partial charge in [-0.15, -0.1) is 24.0 Å². The molecule has 0 atom stereocenters. The molecule has 0 saturated heterocycles. The molecule has 112 valence electrons. The molecule has 3 N–H and O–H groups in total. The number of guanidine groups is 1. The van der Waals surface area contributed by atoms with E-state index in [1.807, 2.05) is 0 Å². The largest absolute Gasteiger partial charge is 0.355 e. The third-order valence-electron chi connectivity index (χ3n) is 2.93. The molecule has 1 aromatic rings. The average molecular weight is 408 g/mol. The molecule has 1 saturated carbocycles. The maximum absolute atomic E-state index is 11.4. The number of hydrogen-bond acceptors (Lipinski definition) is 3. The number of nitrogens with zero attached hydrogens (tertiary/aromatic N) is 1. The summed E-state index contributed by atoms with van der Waals surface area (Å²) in [5, 5.41) is 13.5. The van der Waals surface area contributed by atoms with E-state index in [9.17, 15) is 4.79 Å². The van der Waals surface area contributed by atoms with Crippen LogP contribution in [0.25, 0.3) is 0 Å². The van der Waals surface area contributed by atoms with Gasteiger partial charge in [0.05, 0.1) is 0 Å². The summed E-state index contributed by atoms with van der Waals surface area (Å²) in [7, 11) is 1.74. The Bertz CT molecular complexity index is 432. The minimum absolute atomic E-state index is 0. The van der Waals surface area contributed by atoms with Gasteiger partial charge in [0.2, 0.25) is 5.91 Å². The lowest BCUT2D eigenvalue weighted by Crippen LogP contribution is -2.41. The number of hydrogen-bond donors (Lipinski definition) is 3. The summed E-state index contributed by atoms with van der Waals surface area (Å²) in [5.41, 5.74) is 1.25. The van der Waals surface area contributed by atoms with Crippen molar-refractivity contribution < 1.29 is 4.79 Å². The Morgan fingerprint density at radius 2 is 2.10 bits per heavy atom. The van der Waals surface area contributed by atoms with Crippen molar-refractivity contribution in [2.24, 2.45) is 10.9 Å². The fourth-order valence-electron chi connectivity index (χ4n) is 1.66. The second-order valence-electron chi connectivity index (χ2n) is 4.55. The van der Waals surface area contributed by atoms with Crippen LogP contribution in [0.15, 0.2) is 21.8 Å². The second-order valence-corrected chi connectivity index (χ2v) is 5.33. The smallest absolute Gasteiger partial charge is 0.223 e. The zero-order valence-corrected chi connectivity index (χ0v) is 14.7. The van der Waals surface area contributed by atoms with E-state index in [2.05, 4.69) is 37.8 Å². The van der Waals surface area contributed by atoms with E-state index in [4.69, 9.17) is 0 Å². The number of carbonyl (C=O) groups excluding carboxylic acids is 1. The van der Waals surface area contributed by atoms with Crippen LogP contribution >= 0.6 is 35.3 Å². The number of thiophene rings is 1. The first-order valence-electron chi connectivity index (χ1n) is 6.53. The van der Waals surface area contributed by atoms with Gasteiger partial charge in [-0.2, -0.15) is 11.3 Å². The predicted molar refractivity (Wildman–Crippen MR) is 93.7 cm³/mol. The highest BCUT2D eigenvalue weighted by Crippen LogP contribution is 2.28. The number of carbonyl (C=O) groups is 1. The topological polar surface area (TPSA) is 65.5 Å². The van der Waals surface area contributed by atoms with Crippen LogP contribution in [0.2, 0.25) is 0 Å². The van der Waals surface area contributed by atoms with E-state index < -0.39 is 0 Å². The minimum atomic E-state index is 0. The summed E-state index contributed by atoms with van der Waals surface area (Å²) in [4.78, 5) is 15.6. The second kappa shape index (κ2) is 9.17. The van der Waals surface area contributed by atoms with Gasteiger partial charge in [0, 0.05) is 32.6 Å². The molecule has 0 aromatic carbocycles. The van der Waals surface area contributed by atoms with Gasteiger partial charge < -0.3 is 16.0 Å². The lowest BCUT2D eigenvalue weighted by Gasteiger charge is -2.11. The Hall–Kier alpha value is -0.830. The van der Waals surface area contributed by atoms with Crippen molar-refractivity contribution in [3.63, 3.8) is 0 Å². The van der Waals surface area contributed by atoms with Gasteiger partial charge in [-0.3, -0.25) is 9.79 Å². The highest BCUT2D eigenvalue weighted by molar-refractivity contribution is 14.0. The fourth-order valence-corrected chi connectivity index (χ4v) is 2.32. The Labute approximate surface area is 140 Å². The fraction of sp³-hybridized carbons (Fsp3) is 0.538. The van der Waals surface area contributed by atoms with Gasteiger partial charge in [-0.1, -0.05) is 0 Å². The van der Waals surface area contributed by atoms with Gasteiger partial charge in [-0.25, -0.2) is 0 Å². The third-order valence-corrected chi connectivity index (χ3v) is 3.66. The Kier molecular flexibility index (Phi) is 7.90. The molecule has 2 rings (SSSR count). The average Bonchev–Trinajstić information content (AvgIpc) is 3.15. The monoisotopic (exact) mass is 408 g/mol. The van der Waals surface area contributed by atoms with Crippen LogP contribution in [0, 0.1) is 5.92 Å². The van der Waals surface area contributed by atoms with Crippen molar-refractivity contribution in [1.29, 1.82) is 0 Å². The number of nitrogens with one attached hydrogen (secondary N) is 3. The van der Waals surface area contributed by atoms with Crippen molar-refractivity contribution in [2.75, 3.05) is 20.1 Å². The highest BCUT2D eigenvalue weighted by atomic mass is 127. The van der Waals surface area contributed by atoms with E-state index in [0.717, 1.165) is 25.3 Å². The number of aliphatic imine (C=N–C) groups is 1. The van der Waals surface area contributed by atoms with E-state index >= 15 is 0 Å². The number of rotatable bonds is 6. The molecule has 0 aliphatic heterocycles. The van der Waals surface area contributed by atoms with Crippen LogP contribution in [-0.4, -0.2) is 32.0 Å². The van der Waals surface area contributed by atoms with E-state index in [-0.39, 0.29) is 35.8 Å². The van der Waals surface area contributed by atoms with Crippen LogP contribution in [-0.2, 0) is 11.3 Å². The summed E-state index contributed by atoms with van der Waals surface area (Å²) in [6, 6.07) is 2.08. The molecule has 1 heterocycles. The molecular weight excluding hydrogens is 387 g/mol. The molecule has 1 aromatic heterocycles. The molecule has 20 heavy (non-hydrogen) atoms. The van der Waals surface area contributed by atoms with E-state index in [1.54, 1.807) is 18.4 Å². The molecule has 1 fully saturated rings. The van der Waals surface area contributed by atoms with Crippen molar-refractivity contribution in [1.82, 2.24) is 16.0 Å². The summed E-state index contributed by atoms with van der Waals surface area (Å²) in [6.45, 7) is 2.08. The first-order valence-corrected chi connectivity index (χ1v) is 7.47. The SMILES string of the molecule is CN=C(NCCNC(=O)C1CC1)NCc1ccsc1.I. The molecule has 1 amide bonds. The van der Waals surface area contributed by atoms with Crippen molar-refractivity contribution in [3.8, 4) is 0 Å². The Morgan fingerprint density at radius 3 is 2.70 bits per heavy atom. The molecule has 0 radical (unpaired) electrons. The first kappa shape index (κ1) is 17.2. The highest BCUT2D eigenvalue weighted by Gasteiger charge is 2.28. The molecule has 7 heteroatoms. The Balaban J connectivity index is 0.00000200. The lowest BCUT2D eigenvalue weighted by atomic mass is 10.3. The van der Waals surface area contributed by atoms with E-state index in [0.29, 0.717) is 13.1 Å². The third kappa shape index (κ3) is 6.08. The normalized spacial score (nSPS) is 14.3. The van der Waals surface area contributed by atoms with Crippen LogP contribution in [0.3, 0.4) is 0 Å². The van der Waals surface area contributed by atoms with Gasteiger partial charge in [-0.05, 0) is 35.2 Å². The summed E-state index contributed by atoms with van der Waals surface area (Å²) in [6.07, 6.45) is 2.09. The number of halogens is 1. The minimum Gasteiger partial charge on any atom is -0.355 e. The summed E-state index contributed by atoms with van der Waals surface area (Å²) in [5.74, 6) is 1.21. The molecular formula is C13H21IN4OS. The van der Waals surface area contributed by atoms with Gasteiger partial charge >= 0.3 is 0 Å². The summed E-state index contributed by atoms with van der Waals surface area (Å²) < 4.78 is 0. The van der Waals surface area contributed by atoms with Crippen molar-refractivity contribution in [2.45, 2.75) is 19.4 Å². The molecule has 1 aliphatic rings. The van der Waals surface area contributed by atoms with Crippen LogP contribution in [0.4, 0.5) is 0 Å². The molecule has 0 bridgehead atoms. The quantitative estimate of drug-likeness (QED) is 0.290. The molecule has 0 unspecified atom stereocenters. The van der Waals surface area contributed by atoms with E-state index in [1.165, 1.54) is 5.56 Å². The maximum Gasteiger partial charge on any atom is 0.223 e.